The summed E-state index contributed by atoms with van der Waals surface area (Å²) in [5, 5.41) is 12.7. The van der Waals surface area contributed by atoms with Crippen LogP contribution in [0.5, 0.6) is 5.75 Å². The van der Waals surface area contributed by atoms with Gasteiger partial charge in [-0.15, -0.1) is 11.3 Å². The van der Waals surface area contributed by atoms with E-state index in [0.29, 0.717) is 18.7 Å². The number of aryl methyl sites for hydroxylation is 3. The minimum Gasteiger partial charge on any atom is -0.488 e. The molecule has 2 fully saturated rings. The van der Waals surface area contributed by atoms with E-state index in [-0.39, 0.29) is 23.7 Å². The molecule has 3 atom stereocenters. The number of rotatable bonds is 9. The molecule has 0 radical (unpaired) electrons. The average Bonchev–Trinajstić information content (AvgIpc) is 3.70. The van der Waals surface area contributed by atoms with Gasteiger partial charge < -0.3 is 24.2 Å². The molecule has 1 aliphatic heterocycles. The second-order valence-electron chi connectivity index (χ2n) is 12.0. The van der Waals surface area contributed by atoms with E-state index in [0.717, 1.165) is 70.5 Å². The molecule has 1 amide bonds. The van der Waals surface area contributed by atoms with Crippen LogP contribution in [0, 0.1) is 31.6 Å². The molecule has 43 heavy (non-hydrogen) atoms. The van der Waals surface area contributed by atoms with E-state index >= 15 is 0 Å². The Kier molecular flexibility index (Phi) is 7.96. The fraction of sp³-hybridized carbons (Fsp3) is 0.394. The van der Waals surface area contributed by atoms with Crippen molar-refractivity contribution in [1.29, 1.82) is 0 Å². The largest absolute Gasteiger partial charge is 0.488 e. The van der Waals surface area contributed by atoms with Crippen molar-refractivity contribution in [2.45, 2.75) is 39.8 Å². The first-order valence-electron chi connectivity index (χ1n) is 14.6. The SMILES string of the molecule is Cc1ccc(OCc2ccc(C(=O)N(C)Cc3cncn3C)cc2C)c(-c2csc(N3C[C@H]4CC[C@@H](C3)[C@H]4C(=O)O)n2)c1. The highest BCUT2D eigenvalue weighted by molar-refractivity contribution is 7.14. The van der Waals surface area contributed by atoms with Crippen LogP contribution >= 0.6 is 11.3 Å². The van der Waals surface area contributed by atoms with E-state index in [1.165, 1.54) is 0 Å². The molecule has 10 heteroatoms. The lowest BCUT2D eigenvalue weighted by molar-refractivity contribution is -0.144. The Morgan fingerprint density at radius 2 is 1.88 bits per heavy atom. The highest BCUT2D eigenvalue weighted by Gasteiger charge is 2.46. The zero-order valence-electron chi connectivity index (χ0n) is 25.0. The summed E-state index contributed by atoms with van der Waals surface area (Å²) in [6, 6.07) is 11.9. The van der Waals surface area contributed by atoms with Crippen molar-refractivity contribution in [3.8, 4) is 17.0 Å². The van der Waals surface area contributed by atoms with Crippen LogP contribution in [-0.2, 0) is 25.0 Å². The average molecular weight is 600 g/mol. The lowest BCUT2D eigenvalue weighted by atomic mass is 9.85. The first-order valence-corrected chi connectivity index (χ1v) is 15.5. The van der Waals surface area contributed by atoms with Crippen LogP contribution in [0.3, 0.4) is 0 Å². The first kappa shape index (κ1) is 28.9. The fourth-order valence-electron chi connectivity index (χ4n) is 6.50. The number of imidazole rings is 1. The first-order chi connectivity index (χ1) is 20.7. The Hall–Kier alpha value is -4.18. The predicted octanol–water partition coefficient (Wildman–Crippen LogP) is 5.56. The maximum Gasteiger partial charge on any atom is 0.307 e. The fourth-order valence-corrected chi connectivity index (χ4v) is 7.35. The number of thiazole rings is 1. The van der Waals surface area contributed by atoms with Crippen LogP contribution in [0.2, 0.25) is 0 Å². The number of fused-ring (bicyclic) bond motifs is 2. The summed E-state index contributed by atoms with van der Waals surface area (Å²) in [6.45, 7) is 6.39. The van der Waals surface area contributed by atoms with E-state index in [2.05, 4.69) is 28.3 Å². The highest BCUT2D eigenvalue weighted by atomic mass is 32.1. The highest BCUT2D eigenvalue weighted by Crippen LogP contribution is 2.44. The third-order valence-corrected chi connectivity index (χ3v) is 9.83. The molecule has 0 spiro atoms. The molecule has 1 N–H and O–H groups in total. The molecule has 6 rings (SSSR count). The molecule has 224 valence electrons. The number of ether oxygens (including phenoxy) is 1. The maximum absolute atomic E-state index is 13.1. The van der Waals surface area contributed by atoms with Gasteiger partial charge in [-0.3, -0.25) is 9.59 Å². The summed E-state index contributed by atoms with van der Waals surface area (Å²) in [6.07, 6.45) is 5.45. The zero-order chi connectivity index (χ0) is 30.2. The topological polar surface area (TPSA) is 101 Å². The number of nitrogens with zero attached hydrogens (tertiary/aromatic N) is 5. The molecule has 4 aromatic rings. The molecular weight excluding hydrogens is 562 g/mol. The van der Waals surface area contributed by atoms with E-state index in [1.54, 1.807) is 35.8 Å². The third-order valence-electron chi connectivity index (χ3n) is 8.93. The third kappa shape index (κ3) is 5.88. The summed E-state index contributed by atoms with van der Waals surface area (Å²) in [5.74, 6) is 0.203. The van der Waals surface area contributed by atoms with Gasteiger partial charge in [0.2, 0.25) is 0 Å². The summed E-state index contributed by atoms with van der Waals surface area (Å²) in [4.78, 5) is 38.0. The summed E-state index contributed by atoms with van der Waals surface area (Å²) >= 11 is 1.60. The van der Waals surface area contributed by atoms with Crippen LogP contribution in [0.4, 0.5) is 5.13 Å². The lowest BCUT2D eigenvalue weighted by Gasteiger charge is -2.35. The Bertz CT molecular complexity index is 1650. The number of anilines is 1. The Morgan fingerprint density at radius 3 is 2.56 bits per heavy atom. The van der Waals surface area contributed by atoms with Crippen molar-refractivity contribution in [3.63, 3.8) is 0 Å². The zero-order valence-corrected chi connectivity index (χ0v) is 25.8. The smallest absolute Gasteiger partial charge is 0.307 e. The van der Waals surface area contributed by atoms with E-state index in [9.17, 15) is 14.7 Å². The van der Waals surface area contributed by atoms with Crippen molar-refractivity contribution < 1.29 is 19.4 Å². The van der Waals surface area contributed by atoms with Gasteiger partial charge in [-0.1, -0.05) is 17.7 Å². The molecule has 2 aromatic carbocycles. The minimum absolute atomic E-state index is 0.0443. The number of carboxylic acids is 1. The molecule has 9 nitrogen and oxygen atoms in total. The standard InChI is InChI=1S/C33H37N5O4S/c1-20-5-10-29(27(11-20)28-18-43-33(35-28)38-14-23-7-8-24(15-38)30(23)32(40)41)42-17-25-9-6-22(12-21(25)2)31(39)36(3)16-26-13-34-19-37(26)4/h5-6,9-13,18-19,23-24,30H,7-8,14-17H2,1-4H3,(H,40,41)/t23-,24+,30+. The number of hydrogen-bond donors (Lipinski definition) is 1. The number of carbonyl (C=O) groups excluding carboxylic acids is 1. The van der Waals surface area contributed by atoms with Gasteiger partial charge in [0.05, 0.1) is 30.2 Å². The van der Waals surface area contributed by atoms with E-state index < -0.39 is 5.97 Å². The number of hydrogen-bond acceptors (Lipinski definition) is 7. The normalized spacial score (nSPS) is 19.4. The van der Waals surface area contributed by atoms with E-state index in [4.69, 9.17) is 9.72 Å². The van der Waals surface area contributed by atoms with Crippen molar-refractivity contribution in [1.82, 2.24) is 19.4 Å². The van der Waals surface area contributed by atoms with Crippen molar-refractivity contribution in [2.75, 3.05) is 25.0 Å². The van der Waals surface area contributed by atoms with Crippen LogP contribution < -0.4 is 9.64 Å². The van der Waals surface area contributed by atoms with Gasteiger partial charge in [-0.2, -0.15) is 0 Å². The predicted molar refractivity (Wildman–Crippen MR) is 166 cm³/mol. The molecule has 1 saturated carbocycles. The second kappa shape index (κ2) is 11.8. The van der Waals surface area contributed by atoms with Crippen molar-refractivity contribution in [2.24, 2.45) is 24.8 Å². The van der Waals surface area contributed by atoms with Crippen molar-refractivity contribution in [3.05, 3.63) is 82.3 Å². The number of benzene rings is 2. The molecule has 0 unspecified atom stereocenters. The van der Waals surface area contributed by atoms with Gasteiger partial charge in [-0.05, 0) is 73.9 Å². The Balaban J connectivity index is 1.14. The Labute approximate surface area is 255 Å². The van der Waals surface area contributed by atoms with Gasteiger partial charge in [0, 0.05) is 49.9 Å². The molecule has 3 heterocycles. The summed E-state index contributed by atoms with van der Waals surface area (Å²) in [7, 11) is 3.72. The van der Waals surface area contributed by atoms with E-state index in [1.807, 2.05) is 48.9 Å². The van der Waals surface area contributed by atoms with Crippen LogP contribution in [0.25, 0.3) is 11.3 Å². The summed E-state index contributed by atoms with van der Waals surface area (Å²) < 4.78 is 8.28. The minimum atomic E-state index is -0.655. The van der Waals surface area contributed by atoms with Gasteiger partial charge in [-0.25, -0.2) is 9.97 Å². The molecule has 2 aromatic heterocycles. The molecule has 2 aliphatic rings. The monoisotopic (exact) mass is 599 g/mol. The van der Waals surface area contributed by atoms with Gasteiger partial charge in [0.25, 0.3) is 5.91 Å². The Morgan fingerprint density at radius 1 is 1.12 bits per heavy atom. The second-order valence-corrected chi connectivity index (χ2v) is 12.8. The number of piperidine rings is 1. The number of amides is 1. The molecule has 1 saturated heterocycles. The number of carbonyl (C=O) groups is 2. The van der Waals surface area contributed by atoms with Crippen LogP contribution in [-0.4, -0.2) is 56.6 Å². The quantitative estimate of drug-likeness (QED) is 0.269. The van der Waals surface area contributed by atoms with Gasteiger partial charge in [0.15, 0.2) is 5.13 Å². The molecule has 2 bridgehead atoms. The van der Waals surface area contributed by atoms with Crippen molar-refractivity contribution >= 4 is 28.3 Å². The summed E-state index contributed by atoms with van der Waals surface area (Å²) in [5.41, 5.74) is 6.52. The number of aromatic nitrogens is 3. The van der Waals surface area contributed by atoms with Gasteiger partial charge >= 0.3 is 5.97 Å². The maximum atomic E-state index is 13.1. The lowest BCUT2D eigenvalue weighted by Crippen LogP contribution is -2.44. The number of aliphatic carboxylic acids is 1. The molecular formula is C33H37N5O4S. The van der Waals surface area contributed by atoms with Gasteiger partial charge in [0.1, 0.15) is 12.4 Å². The van der Waals surface area contributed by atoms with Crippen LogP contribution in [0.1, 0.15) is 45.6 Å². The van der Waals surface area contributed by atoms with Crippen LogP contribution in [0.15, 0.2) is 54.3 Å². The number of carboxylic acid groups (broad SMARTS) is 1. The molecule has 1 aliphatic carbocycles.